The summed E-state index contributed by atoms with van der Waals surface area (Å²) in [6.45, 7) is 8.76. The number of hydrogen-bond acceptors (Lipinski definition) is 8. The average Bonchev–Trinajstić information content (AvgIpc) is 3.53. The molecule has 1 aliphatic rings. The maximum atomic E-state index is 14.1. The second-order valence-corrected chi connectivity index (χ2v) is 12.0. The number of imidazole rings is 1. The lowest BCUT2D eigenvalue weighted by Crippen LogP contribution is -2.40. The Kier molecular flexibility index (Phi) is 7.40. The number of carbonyl (C=O) groups is 1. The molecule has 41 heavy (non-hydrogen) atoms. The standard InChI is InChI=1S/C29H31N7O4S/c1-6-40-28-13-27(32-15-22(28)14-30)19(3)35-9-7-23-24(26-17-36(33-18(26)2)41(5,38)39)11-21(12-25(23)29(35)37)16-34-10-8-31-20(34)4/h8,10-13,15,17,19H,6-7,9,16H2,1-5H3/t19-/m1/s1. The summed E-state index contributed by atoms with van der Waals surface area (Å²) in [5.74, 6) is 1.13. The van der Waals surface area contributed by atoms with Crippen molar-refractivity contribution in [1.29, 1.82) is 5.26 Å². The Balaban J connectivity index is 1.59. The van der Waals surface area contributed by atoms with Gasteiger partial charge in [-0.1, -0.05) is 0 Å². The highest BCUT2D eigenvalue weighted by atomic mass is 32.2. The van der Waals surface area contributed by atoms with Crippen LogP contribution in [-0.4, -0.2) is 62.4 Å². The molecule has 1 aliphatic heterocycles. The van der Waals surface area contributed by atoms with Crippen LogP contribution in [0.2, 0.25) is 0 Å². The van der Waals surface area contributed by atoms with Gasteiger partial charge in [-0.3, -0.25) is 9.78 Å². The Bertz CT molecular complexity index is 1800. The molecule has 0 aliphatic carbocycles. The van der Waals surface area contributed by atoms with Gasteiger partial charge >= 0.3 is 0 Å². The van der Waals surface area contributed by atoms with E-state index in [2.05, 4.69) is 21.1 Å². The SMILES string of the molecule is CCOc1cc([C@@H](C)N2CCc3c(cc(Cn4ccnc4C)cc3-c3cn(S(C)(=O)=O)nc3C)C2=O)ncc1C#N. The Morgan fingerprint density at radius 3 is 2.54 bits per heavy atom. The molecule has 0 saturated heterocycles. The number of rotatable bonds is 8. The highest BCUT2D eigenvalue weighted by Crippen LogP contribution is 2.36. The molecule has 4 heterocycles. The molecule has 0 N–H and O–H groups in total. The van der Waals surface area contributed by atoms with Gasteiger partial charge in [0, 0.05) is 48.9 Å². The quantitative estimate of drug-likeness (QED) is 0.312. The number of nitriles is 1. The number of fused-ring (bicyclic) bond motifs is 1. The molecule has 11 nitrogen and oxygen atoms in total. The van der Waals surface area contributed by atoms with Gasteiger partial charge in [0.15, 0.2) is 0 Å². The Labute approximate surface area is 239 Å². The average molecular weight is 574 g/mol. The van der Waals surface area contributed by atoms with Crippen molar-refractivity contribution in [3.8, 4) is 22.9 Å². The summed E-state index contributed by atoms with van der Waals surface area (Å²) in [7, 11) is -3.58. The van der Waals surface area contributed by atoms with E-state index in [0.29, 0.717) is 59.9 Å². The number of carbonyl (C=O) groups excluding carboxylic acids is 1. The molecule has 5 rings (SSSR count). The van der Waals surface area contributed by atoms with Crippen LogP contribution in [0.15, 0.2) is 43.0 Å². The van der Waals surface area contributed by atoms with E-state index in [1.165, 1.54) is 12.4 Å². The topological polar surface area (TPSA) is 136 Å². The minimum absolute atomic E-state index is 0.151. The van der Waals surface area contributed by atoms with Crippen LogP contribution in [0.3, 0.4) is 0 Å². The molecular formula is C29H31N7O4S. The number of aromatic nitrogens is 5. The van der Waals surface area contributed by atoms with Crippen molar-refractivity contribution in [2.75, 3.05) is 19.4 Å². The van der Waals surface area contributed by atoms with Crippen LogP contribution in [0.5, 0.6) is 5.75 Å². The van der Waals surface area contributed by atoms with Crippen LogP contribution in [0.25, 0.3) is 11.1 Å². The van der Waals surface area contributed by atoms with E-state index in [9.17, 15) is 18.5 Å². The van der Waals surface area contributed by atoms with E-state index in [0.717, 1.165) is 32.9 Å². The van der Waals surface area contributed by atoms with E-state index < -0.39 is 10.0 Å². The molecule has 0 saturated carbocycles. The lowest BCUT2D eigenvalue weighted by atomic mass is 9.87. The molecule has 1 amide bonds. The van der Waals surface area contributed by atoms with Crippen LogP contribution in [-0.2, 0) is 23.0 Å². The molecule has 0 fully saturated rings. The van der Waals surface area contributed by atoms with Crippen LogP contribution < -0.4 is 4.74 Å². The number of nitrogens with zero attached hydrogens (tertiary/aromatic N) is 7. The number of aryl methyl sites for hydroxylation is 2. The number of hydrogen-bond donors (Lipinski definition) is 0. The molecule has 1 aromatic carbocycles. The third-order valence-electron chi connectivity index (χ3n) is 7.39. The van der Waals surface area contributed by atoms with Gasteiger partial charge in [0.1, 0.15) is 23.2 Å². The highest BCUT2D eigenvalue weighted by Gasteiger charge is 2.32. The van der Waals surface area contributed by atoms with E-state index in [1.54, 1.807) is 24.1 Å². The van der Waals surface area contributed by atoms with Gasteiger partial charge in [-0.05, 0) is 62.9 Å². The molecule has 0 spiro atoms. The summed E-state index contributed by atoms with van der Waals surface area (Å²) in [6, 6.07) is 7.37. The third kappa shape index (κ3) is 5.32. The van der Waals surface area contributed by atoms with Crippen molar-refractivity contribution < 1.29 is 17.9 Å². The molecule has 1 atom stereocenters. The van der Waals surface area contributed by atoms with Gasteiger partial charge in [-0.15, -0.1) is 0 Å². The minimum Gasteiger partial charge on any atom is -0.492 e. The van der Waals surface area contributed by atoms with Gasteiger partial charge in [0.2, 0.25) is 0 Å². The first-order valence-corrected chi connectivity index (χ1v) is 15.1. The molecule has 4 aromatic rings. The van der Waals surface area contributed by atoms with Crippen LogP contribution in [0, 0.1) is 25.2 Å². The molecule has 12 heteroatoms. The van der Waals surface area contributed by atoms with E-state index in [-0.39, 0.29) is 11.9 Å². The zero-order chi connectivity index (χ0) is 29.5. The Morgan fingerprint density at radius 2 is 1.90 bits per heavy atom. The fourth-order valence-electron chi connectivity index (χ4n) is 5.22. The molecule has 0 bridgehead atoms. The van der Waals surface area contributed by atoms with Crippen molar-refractivity contribution in [3.05, 3.63) is 82.5 Å². The fraction of sp³-hybridized carbons (Fsp3) is 0.345. The van der Waals surface area contributed by atoms with E-state index >= 15 is 0 Å². The smallest absolute Gasteiger partial charge is 0.254 e. The molecule has 0 unspecified atom stereocenters. The predicted molar refractivity (Wildman–Crippen MR) is 152 cm³/mol. The molecular weight excluding hydrogens is 542 g/mol. The summed E-state index contributed by atoms with van der Waals surface area (Å²) in [5.41, 5.74) is 5.26. The summed E-state index contributed by atoms with van der Waals surface area (Å²) < 4.78 is 33.1. The lowest BCUT2D eigenvalue weighted by Gasteiger charge is -2.34. The molecule has 0 radical (unpaired) electrons. The summed E-state index contributed by atoms with van der Waals surface area (Å²) in [6.07, 6.45) is 8.26. The Morgan fingerprint density at radius 1 is 1.15 bits per heavy atom. The van der Waals surface area contributed by atoms with Crippen molar-refractivity contribution in [2.24, 2.45) is 0 Å². The van der Waals surface area contributed by atoms with Crippen LogP contribution >= 0.6 is 0 Å². The second-order valence-electron chi connectivity index (χ2n) is 10.1. The van der Waals surface area contributed by atoms with Gasteiger partial charge in [0.05, 0.1) is 36.5 Å². The van der Waals surface area contributed by atoms with E-state index in [4.69, 9.17) is 4.74 Å². The van der Waals surface area contributed by atoms with Gasteiger partial charge in [-0.25, -0.2) is 13.4 Å². The highest BCUT2D eigenvalue weighted by molar-refractivity contribution is 7.89. The number of amides is 1. The lowest BCUT2D eigenvalue weighted by molar-refractivity contribution is 0.0669. The minimum atomic E-state index is -3.58. The zero-order valence-corrected chi connectivity index (χ0v) is 24.4. The second kappa shape index (κ2) is 10.8. The van der Waals surface area contributed by atoms with Crippen molar-refractivity contribution in [1.82, 2.24) is 28.6 Å². The zero-order valence-electron chi connectivity index (χ0n) is 23.6. The third-order valence-corrected chi connectivity index (χ3v) is 8.26. The normalized spacial score (nSPS) is 14.0. The van der Waals surface area contributed by atoms with Gasteiger partial charge in [-0.2, -0.15) is 14.4 Å². The van der Waals surface area contributed by atoms with Crippen LogP contribution in [0.1, 0.15) is 64.1 Å². The first-order valence-electron chi connectivity index (χ1n) is 13.3. The van der Waals surface area contributed by atoms with E-state index in [1.807, 2.05) is 43.7 Å². The fourth-order valence-corrected chi connectivity index (χ4v) is 5.78. The van der Waals surface area contributed by atoms with Crippen molar-refractivity contribution >= 4 is 15.9 Å². The maximum absolute atomic E-state index is 14.1. The van der Waals surface area contributed by atoms with Crippen molar-refractivity contribution in [2.45, 2.75) is 46.7 Å². The Hall–Kier alpha value is -4.50. The molecule has 3 aromatic heterocycles. The summed E-state index contributed by atoms with van der Waals surface area (Å²) >= 11 is 0. The largest absolute Gasteiger partial charge is 0.492 e. The van der Waals surface area contributed by atoms with Gasteiger partial charge < -0.3 is 14.2 Å². The number of ether oxygens (including phenoxy) is 1. The first-order chi connectivity index (χ1) is 19.5. The number of benzene rings is 1. The monoisotopic (exact) mass is 573 g/mol. The summed E-state index contributed by atoms with van der Waals surface area (Å²) in [4.78, 5) is 24.6. The predicted octanol–water partition coefficient (Wildman–Crippen LogP) is 3.64. The van der Waals surface area contributed by atoms with Gasteiger partial charge in [0.25, 0.3) is 15.9 Å². The maximum Gasteiger partial charge on any atom is 0.254 e. The van der Waals surface area contributed by atoms with Crippen molar-refractivity contribution in [3.63, 3.8) is 0 Å². The summed E-state index contributed by atoms with van der Waals surface area (Å²) in [5, 5.41) is 13.7. The molecule has 212 valence electrons. The first kappa shape index (κ1) is 28.0. The number of pyridine rings is 1. The van der Waals surface area contributed by atoms with Crippen LogP contribution in [0.4, 0.5) is 0 Å².